The lowest BCUT2D eigenvalue weighted by Gasteiger charge is -2.48. The molecule has 0 aromatic carbocycles. The fraction of sp³-hybridized carbons (Fsp3) is 0.795. The molecule has 0 aromatic rings. The first-order valence-electron chi connectivity index (χ1n) is 17.3. The molecule has 0 amide bonds. The Morgan fingerprint density at radius 1 is 0.977 bits per heavy atom. The van der Waals surface area contributed by atoms with E-state index in [9.17, 15) is 5.11 Å². The van der Waals surface area contributed by atoms with Crippen molar-refractivity contribution in [3.63, 3.8) is 0 Å². The van der Waals surface area contributed by atoms with Crippen LogP contribution in [0.1, 0.15) is 114 Å². The van der Waals surface area contributed by atoms with E-state index < -0.39 is 6.10 Å². The minimum atomic E-state index is -0.409. The van der Waals surface area contributed by atoms with E-state index in [2.05, 4.69) is 111 Å². The number of nitrogens with zero attached hydrogens (tertiary/aromatic N) is 1. The van der Waals surface area contributed by atoms with Crippen LogP contribution in [0.2, 0.25) is 0 Å². The molecule has 0 bridgehead atoms. The summed E-state index contributed by atoms with van der Waals surface area (Å²) in [5, 5.41) is 18.9. The average molecular weight is 596 g/mol. The SMILES string of the molecule is C=C(NC1CC[C@@H](NC)C(O)[C@H]1C=C1CCC(C)(C)[C@H](C(C)C(=C)CC(C)(C)C)C1)C(C)C1CN(C(=C)CC(C)(C)C)C1. The van der Waals surface area contributed by atoms with Crippen molar-refractivity contribution in [3.05, 3.63) is 48.4 Å². The fourth-order valence-corrected chi connectivity index (χ4v) is 8.12. The van der Waals surface area contributed by atoms with Gasteiger partial charge in [-0.1, -0.05) is 106 Å². The normalized spacial score (nSPS) is 30.8. The van der Waals surface area contributed by atoms with Crippen LogP contribution >= 0.6 is 0 Å². The Labute approximate surface area is 266 Å². The second kappa shape index (κ2) is 13.9. The summed E-state index contributed by atoms with van der Waals surface area (Å²) in [4.78, 5) is 2.45. The van der Waals surface area contributed by atoms with E-state index in [4.69, 9.17) is 0 Å². The highest BCUT2D eigenvalue weighted by Gasteiger charge is 2.42. The van der Waals surface area contributed by atoms with Gasteiger partial charge >= 0.3 is 0 Å². The number of aliphatic hydroxyl groups excluding tert-OH is 1. The molecule has 4 nitrogen and oxygen atoms in total. The zero-order valence-corrected chi connectivity index (χ0v) is 30.1. The molecular weight excluding hydrogens is 526 g/mol. The van der Waals surface area contributed by atoms with E-state index in [0.29, 0.717) is 23.7 Å². The number of aliphatic hydroxyl groups is 1. The lowest BCUT2D eigenvalue weighted by molar-refractivity contribution is 0.0402. The van der Waals surface area contributed by atoms with Crippen molar-refractivity contribution in [2.24, 2.45) is 45.8 Å². The summed E-state index contributed by atoms with van der Waals surface area (Å²) < 4.78 is 0. The molecule has 1 heterocycles. The average Bonchev–Trinajstić information content (AvgIpc) is 2.83. The molecule has 43 heavy (non-hydrogen) atoms. The molecule has 0 spiro atoms. The standard InChI is InChI=1S/C39H69N3O/c1-25(21-37(6,7)8)27(3)33-20-30(17-18-39(33,12)13)19-32-34(15-16-35(40-14)36(32)43)41-29(5)28(4)31-23-42(24-31)26(2)22-38(9,10)11/h19,27-28,31-36,40-41,43H,1-2,5,15-18,20-24H2,3-4,6-14H3/t27?,28?,32-,33-,34?,35+,36?/m0/s1. The topological polar surface area (TPSA) is 47.5 Å². The Balaban J connectivity index is 1.71. The fourth-order valence-electron chi connectivity index (χ4n) is 8.12. The Morgan fingerprint density at radius 2 is 1.56 bits per heavy atom. The Morgan fingerprint density at radius 3 is 2.12 bits per heavy atom. The lowest BCUT2D eigenvalue weighted by atomic mass is 9.60. The molecule has 246 valence electrons. The second-order valence-corrected chi connectivity index (χ2v) is 17.9. The predicted octanol–water partition coefficient (Wildman–Crippen LogP) is 8.72. The van der Waals surface area contributed by atoms with Gasteiger partial charge < -0.3 is 20.6 Å². The van der Waals surface area contributed by atoms with Gasteiger partial charge in [0.25, 0.3) is 0 Å². The molecule has 0 radical (unpaired) electrons. The zero-order valence-electron chi connectivity index (χ0n) is 30.1. The van der Waals surface area contributed by atoms with E-state index in [-0.39, 0.29) is 34.2 Å². The third-order valence-corrected chi connectivity index (χ3v) is 11.2. The molecule has 1 saturated heterocycles. The van der Waals surface area contributed by atoms with Crippen LogP contribution in [0.15, 0.2) is 48.4 Å². The number of rotatable bonds is 11. The summed E-state index contributed by atoms with van der Waals surface area (Å²) in [5.74, 6) is 2.11. The second-order valence-electron chi connectivity index (χ2n) is 17.9. The van der Waals surface area contributed by atoms with Crippen molar-refractivity contribution in [2.75, 3.05) is 20.1 Å². The van der Waals surface area contributed by atoms with E-state index >= 15 is 0 Å². The minimum absolute atomic E-state index is 0.0737. The van der Waals surface area contributed by atoms with E-state index in [1.807, 2.05) is 7.05 Å². The highest BCUT2D eigenvalue weighted by molar-refractivity contribution is 5.19. The number of likely N-dealkylation sites (N-methyl/N-ethyl adjacent to an activating group) is 1. The van der Waals surface area contributed by atoms with Crippen LogP contribution in [0.4, 0.5) is 0 Å². The molecular formula is C39H69N3O. The number of likely N-dealkylation sites (tertiary alicyclic amines) is 1. The molecule has 3 fully saturated rings. The first-order valence-corrected chi connectivity index (χ1v) is 17.3. The van der Waals surface area contributed by atoms with Gasteiger partial charge in [-0.05, 0) is 80.1 Å². The Hall–Kier alpha value is -1.52. The summed E-state index contributed by atoms with van der Waals surface area (Å²) in [7, 11) is 1.99. The molecule has 0 aromatic heterocycles. The summed E-state index contributed by atoms with van der Waals surface area (Å²) in [6, 6.07) is 0.330. The number of hydrogen-bond acceptors (Lipinski definition) is 4. The van der Waals surface area contributed by atoms with E-state index in [1.54, 1.807) is 0 Å². The van der Waals surface area contributed by atoms with Gasteiger partial charge in [-0.15, -0.1) is 0 Å². The summed E-state index contributed by atoms with van der Waals surface area (Å²) in [6.07, 6.45) is 9.60. The van der Waals surface area contributed by atoms with Crippen LogP contribution < -0.4 is 10.6 Å². The van der Waals surface area contributed by atoms with Crippen LogP contribution in [0, 0.1) is 45.8 Å². The van der Waals surface area contributed by atoms with Gasteiger partial charge in [0.1, 0.15) is 0 Å². The maximum Gasteiger partial charge on any atom is 0.0775 e. The van der Waals surface area contributed by atoms with E-state index in [1.165, 1.54) is 23.3 Å². The quantitative estimate of drug-likeness (QED) is 0.209. The summed E-state index contributed by atoms with van der Waals surface area (Å²) in [6.45, 7) is 39.1. The third kappa shape index (κ3) is 9.49. The van der Waals surface area contributed by atoms with Gasteiger partial charge in [-0.25, -0.2) is 0 Å². The van der Waals surface area contributed by atoms with Gasteiger partial charge in [-0.3, -0.25) is 0 Å². The summed E-state index contributed by atoms with van der Waals surface area (Å²) in [5.41, 5.74) is 6.12. The molecule has 1 aliphatic heterocycles. The van der Waals surface area contributed by atoms with Crippen LogP contribution in [-0.2, 0) is 0 Å². The first-order chi connectivity index (χ1) is 19.7. The maximum atomic E-state index is 11.6. The molecule has 4 heteroatoms. The Bertz CT molecular complexity index is 1020. The third-order valence-electron chi connectivity index (χ3n) is 11.2. The van der Waals surface area contributed by atoms with Gasteiger partial charge in [0.15, 0.2) is 0 Å². The summed E-state index contributed by atoms with van der Waals surface area (Å²) >= 11 is 0. The molecule has 3 N–H and O–H groups in total. The lowest BCUT2D eigenvalue weighted by Crippen LogP contribution is -2.55. The van der Waals surface area contributed by atoms with Gasteiger partial charge in [-0.2, -0.15) is 0 Å². The van der Waals surface area contributed by atoms with Crippen LogP contribution in [0.5, 0.6) is 0 Å². The van der Waals surface area contributed by atoms with Crippen LogP contribution in [0.3, 0.4) is 0 Å². The van der Waals surface area contributed by atoms with Crippen molar-refractivity contribution < 1.29 is 5.11 Å². The zero-order chi connectivity index (χ0) is 32.5. The van der Waals surface area contributed by atoms with Crippen molar-refractivity contribution >= 4 is 0 Å². The maximum absolute atomic E-state index is 11.6. The van der Waals surface area contributed by atoms with Crippen molar-refractivity contribution in [1.29, 1.82) is 0 Å². The first kappa shape index (κ1) is 36.0. The minimum Gasteiger partial charge on any atom is -0.391 e. The van der Waals surface area contributed by atoms with Crippen LogP contribution in [-0.4, -0.2) is 48.3 Å². The van der Waals surface area contributed by atoms with Gasteiger partial charge in [0.2, 0.25) is 0 Å². The van der Waals surface area contributed by atoms with Gasteiger partial charge in [0, 0.05) is 54.3 Å². The highest BCUT2D eigenvalue weighted by Crippen LogP contribution is 2.49. The highest BCUT2D eigenvalue weighted by atomic mass is 16.3. The monoisotopic (exact) mass is 596 g/mol. The number of nitrogens with one attached hydrogen (secondary N) is 2. The Kier molecular flexibility index (Phi) is 11.6. The van der Waals surface area contributed by atoms with Crippen molar-refractivity contribution in [2.45, 2.75) is 132 Å². The molecule has 3 rings (SSSR count). The molecule has 7 atom stereocenters. The number of hydrogen-bond donors (Lipinski definition) is 3. The van der Waals surface area contributed by atoms with Crippen LogP contribution in [0.25, 0.3) is 0 Å². The largest absolute Gasteiger partial charge is 0.391 e. The van der Waals surface area contributed by atoms with Crippen molar-refractivity contribution in [3.8, 4) is 0 Å². The molecule has 2 aliphatic carbocycles. The molecule has 4 unspecified atom stereocenters. The smallest absolute Gasteiger partial charge is 0.0775 e. The predicted molar refractivity (Wildman–Crippen MR) is 187 cm³/mol. The molecule has 3 aliphatic rings. The van der Waals surface area contributed by atoms with Gasteiger partial charge in [0.05, 0.1) is 6.10 Å². The van der Waals surface area contributed by atoms with E-state index in [0.717, 1.165) is 57.3 Å². The van der Waals surface area contributed by atoms with Crippen molar-refractivity contribution in [1.82, 2.24) is 15.5 Å². The number of allylic oxidation sites excluding steroid dienone is 4. The molecule has 2 saturated carbocycles.